The van der Waals surface area contributed by atoms with Crippen LogP contribution in [-0.4, -0.2) is 24.8 Å². The van der Waals surface area contributed by atoms with Crippen molar-refractivity contribution in [1.82, 2.24) is 4.98 Å². The normalized spacial score (nSPS) is 13.1. The second-order valence-corrected chi connectivity index (χ2v) is 5.36. The van der Waals surface area contributed by atoms with Crippen LogP contribution in [0.15, 0.2) is 4.47 Å². The molecule has 2 heterocycles. The summed E-state index contributed by atoms with van der Waals surface area (Å²) in [5.74, 6) is 0.821. The summed E-state index contributed by atoms with van der Waals surface area (Å²) in [7, 11) is 0. The molecule has 0 aromatic carbocycles. The van der Waals surface area contributed by atoms with Crippen LogP contribution in [0.2, 0.25) is 0 Å². The Morgan fingerprint density at radius 2 is 2.05 bits per heavy atom. The Labute approximate surface area is 124 Å². The molecule has 0 spiro atoms. The van der Waals surface area contributed by atoms with Crippen molar-refractivity contribution in [1.29, 1.82) is 0 Å². The van der Waals surface area contributed by atoms with Crippen LogP contribution >= 0.6 is 15.9 Å². The number of halogens is 1. The molecule has 0 saturated heterocycles. The molecular weight excluding hydrogens is 306 g/mol. The van der Waals surface area contributed by atoms with Crippen LogP contribution in [0.4, 0.5) is 0 Å². The van der Waals surface area contributed by atoms with Crippen LogP contribution in [0.3, 0.4) is 0 Å². The lowest BCUT2D eigenvalue weighted by atomic mass is 10.1. The maximum atomic E-state index is 5.50. The number of hydrogen-bond acceptors (Lipinski definition) is 3. The van der Waals surface area contributed by atoms with E-state index in [2.05, 4.69) is 34.8 Å². The number of hydrogen-bond donors (Lipinski definition) is 0. The van der Waals surface area contributed by atoms with Gasteiger partial charge in [-0.25, -0.2) is 4.98 Å². The highest BCUT2D eigenvalue weighted by molar-refractivity contribution is 9.10. The summed E-state index contributed by atoms with van der Waals surface area (Å²) in [5.41, 5.74) is 3.51. The fourth-order valence-electron chi connectivity index (χ4n) is 1.83. The van der Waals surface area contributed by atoms with Crippen molar-refractivity contribution in [3.05, 3.63) is 21.3 Å². The molecule has 1 aliphatic rings. The van der Waals surface area contributed by atoms with E-state index in [9.17, 15) is 0 Å². The van der Waals surface area contributed by atoms with Gasteiger partial charge in [0.25, 0.3) is 0 Å². The van der Waals surface area contributed by atoms with E-state index in [1.54, 1.807) is 0 Å². The zero-order chi connectivity index (χ0) is 14.3. The van der Waals surface area contributed by atoms with Gasteiger partial charge in [-0.2, -0.15) is 0 Å². The zero-order valence-electron chi connectivity index (χ0n) is 12.4. The van der Waals surface area contributed by atoms with Crippen molar-refractivity contribution < 1.29 is 9.47 Å². The molecule has 2 rings (SSSR count). The minimum absolute atomic E-state index is 0.801. The van der Waals surface area contributed by atoms with E-state index in [1.807, 2.05) is 13.8 Å². The molecule has 0 atom stereocenters. The van der Waals surface area contributed by atoms with E-state index in [0.29, 0.717) is 0 Å². The molecule has 0 amide bonds. The Morgan fingerprint density at radius 1 is 1.32 bits per heavy atom. The predicted octanol–water partition coefficient (Wildman–Crippen LogP) is 4.22. The van der Waals surface area contributed by atoms with Crippen LogP contribution in [0.5, 0.6) is 5.88 Å². The van der Waals surface area contributed by atoms with Crippen LogP contribution in [0.25, 0.3) is 0 Å². The standard InChI is InChI=1S/C10H12BrNO.C5H12O/c1-6-7(2)12-10-8(9(6)11)4-3-5-13-10;1-3-5-6-4-2/h3-5H2,1-2H3;3-5H2,1-2H3. The molecule has 108 valence electrons. The second-order valence-electron chi connectivity index (χ2n) is 4.57. The molecule has 0 N–H and O–H groups in total. The maximum Gasteiger partial charge on any atom is 0.217 e. The lowest BCUT2D eigenvalue weighted by molar-refractivity contribution is 0.148. The van der Waals surface area contributed by atoms with Crippen molar-refractivity contribution in [3.8, 4) is 5.88 Å². The highest BCUT2D eigenvalue weighted by atomic mass is 79.9. The summed E-state index contributed by atoms with van der Waals surface area (Å²) in [6.07, 6.45) is 3.30. The first-order valence-electron chi connectivity index (χ1n) is 6.97. The molecule has 3 nitrogen and oxygen atoms in total. The smallest absolute Gasteiger partial charge is 0.217 e. The lowest BCUT2D eigenvalue weighted by Gasteiger charge is -2.19. The Balaban J connectivity index is 0.000000258. The van der Waals surface area contributed by atoms with Gasteiger partial charge in [0, 0.05) is 28.9 Å². The van der Waals surface area contributed by atoms with E-state index >= 15 is 0 Å². The van der Waals surface area contributed by atoms with Gasteiger partial charge in [-0.15, -0.1) is 0 Å². The largest absolute Gasteiger partial charge is 0.477 e. The summed E-state index contributed by atoms with van der Waals surface area (Å²) >= 11 is 3.60. The first-order chi connectivity index (χ1) is 9.11. The molecule has 0 aliphatic carbocycles. The first kappa shape index (κ1) is 16.4. The summed E-state index contributed by atoms with van der Waals surface area (Å²) in [6, 6.07) is 0. The summed E-state index contributed by atoms with van der Waals surface area (Å²) in [5, 5.41) is 0. The number of pyridine rings is 1. The third kappa shape index (κ3) is 4.77. The average Bonchev–Trinajstić information content (AvgIpc) is 2.43. The highest BCUT2D eigenvalue weighted by Gasteiger charge is 2.17. The molecule has 19 heavy (non-hydrogen) atoms. The van der Waals surface area contributed by atoms with E-state index < -0.39 is 0 Å². The second kappa shape index (κ2) is 8.54. The monoisotopic (exact) mass is 329 g/mol. The van der Waals surface area contributed by atoms with Crippen molar-refractivity contribution >= 4 is 15.9 Å². The highest BCUT2D eigenvalue weighted by Crippen LogP contribution is 2.33. The van der Waals surface area contributed by atoms with E-state index in [0.717, 1.165) is 50.7 Å². The number of fused-ring (bicyclic) bond motifs is 1. The van der Waals surface area contributed by atoms with Gasteiger partial charge in [-0.1, -0.05) is 6.92 Å². The fourth-order valence-corrected chi connectivity index (χ4v) is 2.48. The van der Waals surface area contributed by atoms with Gasteiger partial charge in [0.15, 0.2) is 0 Å². The van der Waals surface area contributed by atoms with Crippen LogP contribution < -0.4 is 4.74 Å². The van der Waals surface area contributed by atoms with E-state index in [4.69, 9.17) is 9.47 Å². The number of nitrogens with zero attached hydrogens (tertiary/aromatic N) is 1. The number of aryl methyl sites for hydroxylation is 1. The number of ether oxygens (including phenoxy) is 2. The molecule has 0 bridgehead atoms. The van der Waals surface area contributed by atoms with Gasteiger partial charge < -0.3 is 9.47 Å². The van der Waals surface area contributed by atoms with Crippen LogP contribution in [0, 0.1) is 13.8 Å². The minimum atomic E-state index is 0.801. The molecule has 1 aliphatic heterocycles. The van der Waals surface area contributed by atoms with Gasteiger partial charge in [0.1, 0.15) is 0 Å². The molecular formula is C15H24BrNO2. The third-order valence-electron chi connectivity index (χ3n) is 3.03. The lowest BCUT2D eigenvalue weighted by Crippen LogP contribution is -2.12. The quantitative estimate of drug-likeness (QED) is 0.778. The Kier molecular flexibility index (Phi) is 7.39. The molecule has 0 saturated carbocycles. The summed E-state index contributed by atoms with van der Waals surface area (Å²) in [4.78, 5) is 4.42. The third-order valence-corrected chi connectivity index (χ3v) is 4.10. The number of aromatic nitrogens is 1. The summed E-state index contributed by atoms with van der Waals surface area (Å²) in [6.45, 7) is 10.8. The van der Waals surface area contributed by atoms with Crippen molar-refractivity contribution in [2.24, 2.45) is 0 Å². The molecule has 1 aromatic rings. The Bertz CT molecular complexity index is 404. The Hall–Kier alpha value is -0.610. The molecule has 0 unspecified atom stereocenters. The van der Waals surface area contributed by atoms with Crippen molar-refractivity contribution in [3.63, 3.8) is 0 Å². The van der Waals surface area contributed by atoms with Gasteiger partial charge in [-0.05, 0) is 61.5 Å². The minimum Gasteiger partial charge on any atom is -0.477 e. The maximum absolute atomic E-state index is 5.50. The first-order valence-corrected chi connectivity index (χ1v) is 7.77. The van der Waals surface area contributed by atoms with Crippen LogP contribution in [-0.2, 0) is 11.2 Å². The predicted molar refractivity (Wildman–Crippen MR) is 82.0 cm³/mol. The molecule has 0 radical (unpaired) electrons. The number of rotatable bonds is 3. The SMILES string of the molecule is CCCOCC.Cc1nc2c(c(Br)c1C)CCCO2. The Morgan fingerprint density at radius 3 is 2.63 bits per heavy atom. The van der Waals surface area contributed by atoms with Gasteiger partial charge >= 0.3 is 0 Å². The van der Waals surface area contributed by atoms with Gasteiger partial charge in [0.2, 0.25) is 5.88 Å². The zero-order valence-corrected chi connectivity index (χ0v) is 14.0. The molecule has 1 aromatic heterocycles. The van der Waals surface area contributed by atoms with Gasteiger partial charge in [-0.3, -0.25) is 0 Å². The average molecular weight is 330 g/mol. The molecule has 0 fully saturated rings. The summed E-state index contributed by atoms with van der Waals surface area (Å²) < 4.78 is 11.7. The van der Waals surface area contributed by atoms with Crippen molar-refractivity contribution in [2.75, 3.05) is 19.8 Å². The van der Waals surface area contributed by atoms with Crippen LogP contribution in [0.1, 0.15) is 43.5 Å². The van der Waals surface area contributed by atoms with E-state index in [1.165, 1.54) is 15.6 Å². The van der Waals surface area contributed by atoms with Crippen molar-refractivity contribution in [2.45, 2.75) is 47.0 Å². The molecule has 4 heteroatoms. The topological polar surface area (TPSA) is 31.4 Å². The van der Waals surface area contributed by atoms with Gasteiger partial charge in [0.05, 0.1) is 6.61 Å². The fraction of sp³-hybridized carbons (Fsp3) is 0.667. The van der Waals surface area contributed by atoms with E-state index in [-0.39, 0.29) is 0 Å².